The highest BCUT2D eigenvalue weighted by Gasteiger charge is 2.58. The third kappa shape index (κ3) is 15.7. The highest BCUT2D eigenvalue weighted by molar-refractivity contribution is 5.98. The Bertz CT molecular complexity index is 1110. The zero-order chi connectivity index (χ0) is 33.9. The highest BCUT2D eigenvalue weighted by Crippen LogP contribution is 2.35. The van der Waals surface area contributed by atoms with Crippen LogP contribution in [-0.2, 0) is 14.2 Å². The van der Waals surface area contributed by atoms with Gasteiger partial charge in [0.25, 0.3) is 5.91 Å². The molecule has 0 aliphatic rings. The van der Waals surface area contributed by atoms with Gasteiger partial charge < -0.3 is 30.0 Å². The maximum atomic E-state index is 12.9. The van der Waals surface area contributed by atoms with Crippen LogP contribution in [0.3, 0.4) is 0 Å². The Hall–Kier alpha value is -3.67. The first-order valence-electron chi connectivity index (χ1n) is 13.2. The van der Waals surface area contributed by atoms with Gasteiger partial charge in [0.2, 0.25) is 12.1 Å². The molecular formula is C26H37F6N5O7. The number of aliphatic hydroxyl groups excluding tert-OH is 1. The van der Waals surface area contributed by atoms with Crippen LogP contribution in [-0.4, -0.2) is 89.1 Å². The number of halogens is 6. The molecule has 0 aromatic carbocycles. The zero-order valence-corrected chi connectivity index (χ0v) is 24.9. The topological polar surface area (TPSA) is 160 Å². The summed E-state index contributed by atoms with van der Waals surface area (Å²) in [6, 6.07) is 1.35. The number of carbonyl (C=O) groups excluding carboxylic acids is 3. The number of rotatable bonds is 10. The van der Waals surface area contributed by atoms with Gasteiger partial charge in [-0.2, -0.15) is 26.3 Å². The van der Waals surface area contributed by atoms with Gasteiger partial charge in [0.05, 0.1) is 24.3 Å². The van der Waals surface area contributed by atoms with Gasteiger partial charge >= 0.3 is 24.5 Å². The first kappa shape index (κ1) is 38.4. The number of amides is 3. The molecule has 1 aromatic rings. The molecule has 0 bridgehead atoms. The molecular weight excluding hydrogens is 608 g/mol. The van der Waals surface area contributed by atoms with Crippen molar-refractivity contribution in [3.05, 3.63) is 30.1 Å². The van der Waals surface area contributed by atoms with E-state index in [1.165, 1.54) is 18.3 Å². The van der Waals surface area contributed by atoms with Crippen molar-refractivity contribution in [2.24, 2.45) is 4.99 Å². The van der Waals surface area contributed by atoms with Crippen molar-refractivity contribution in [2.45, 2.75) is 96.2 Å². The number of alkyl carbamates (subject to hydrolysis) is 1. The normalized spacial score (nSPS) is 14.5. The van der Waals surface area contributed by atoms with Crippen LogP contribution in [0, 0.1) is 0 Å². The lowest BCUT2D eigenvalue weighted by atomic mass is 10.0. The minimum atomic E-state index is -5.80. The fourth-order valence-corrected chi connectivity index (χ4v) is 3.21. The number of hydrogen-bond donors (Lipinski definition) is 4. The summed E-state index contributed by atoms with van der Waals surface area (Å²) < 4.78 is 91.6. The van der Waals surface area contributed by atoms with Crippen LogP contribution in [0.5, 0.6) is 0 Å². The fourth-order valence-electron chi connectivity index (χ4n) is 3.21. The van der Waals surface area contributed by atoms with E-state index in [2.05, 4.69) is 30.7 Å². The summed E-state index contributed by atoms with van der Waals surface area (Å²) >= 11 is 0. The summed E-state index contributed by atoms with van der Waals surface area (Å²) in [5.41, 5.74) is -1.83. The fraction of sp³-hybridized carbons (Fsp3) is 0.654. The molecule has 0 saturated heterocycles. The Morgan fingerprint density at radius 1 is 0.977 bits per heavy atom. The summed E-state index contributed by atoms with van der Waals surface area (Å²) in [6.45, 7) is 7.95. The number of ether oxygens (including phenoxy) is 3. The van der Waals surface area contributed by atoms with Crippen molar-refractivity contribution in [1.82, 2.24) is 20.9 Å². The molecule has 0 aliphatic heterocycles. The summed E-state index contributed by atoms with van der Waals surface area (Å²) in [7, 11) is 0. The van der Waals surface area contributed by atoms with Crippen molar-refractivity contribution >= 4 is 24.1 Å². The summed E-state index contributed by atoms with van der Waals surface area (Å²) in [4.78, 5) is 44.4. The smallest absolute Gasteiger partial charge is 0.437 e. The van der Waals surface area contributed by atoms with Crippen molar-refractivity contribution in [3.63, 3.8) is 0 Å². The molecule has 0 fully saturated rings. The lowest BCUT2D eigenvalue weighted by molar-refractivity contribution is -0.325. The van der Waals surface area contributed by atoms with Crippen LogP contribution < -0.4 is 16.0 Å². The van der Waals surface area contributed by atoms with E-state index in [9.17, 15) is 45.8 Å². The lowest BCUT2D eigenvalue weighted by Gasteiger charge is -2.28. The number of nitrogens with one attached hydrogen (secondary N) is 3. The molecule has 0 radical (unpaired) electrons. The van der Waals surface area contributed by atoms with Gasteiger partial charge in [-0.25, -0.2) is 9.59 Å². The number of carbonyl (C=O) groups is 3. The van der Waals surface area contributed by atoms with E-state index in [-0.39, 0.29) is 24.9 Å². The van der Waals surface area contributed by atoms with Crippen LogP contribution in [0.4, 0.5) is 35.9 Å². The number of alkyl halides is 6. The van der Waals surface area contributed by atoms with Crippen LogP contribution >= 0.6 is 0 Å². The van der Waals surface area contributed by atoms with Crippen LogP contribution in [0.25, 0.3) is 0 Å². The second kappa shape index (κ2) is 15.9. The van der Waals surface area contributed by atoms with Gasteiger partial charge in [-0.15, -0.1) is 4.99 Å². The number of aromatic nitrogens is 1. The SMILES string of the molecule is CC(C)(C)OC(=O)N=C(NCCCC(NC(=O)c1cccnc1)C(O)COC(C(F)(F)F)C(F)(F)F)NC(=O)OC(C)(C)C. The first-order chi connectivity index (χ1) is 20.0. The van der Waals surface area contributed by atoms with Crippen LogP contribution in [0.1, 0.15) is 64.7 Å². The van der Waals surface area contributed by atoms with Crippen molar-refractivity contribution < 1.29 is 60.0 Å². The molecule has 0 saturated carbocycles. The minimum absolute atomic E-state index is 0.000504. The average molecular weight is 646 g/mol. The highest BCUT2D eigenvalue weighted by atomic mass is 19.4. The van der Waals surface area contributed by atoms with Gasteiger partial charge in [0, 0.05) is 18.9 Å². The Balaban J connectivity index is 3.04. The quantitative estimate of drug-likeness (QED) is 0.126. The maximum Gasteiger partial charge on any atom is 0.437 e. The molecule has 18 heteroatoms. The van der Waals surface area contributed by atoms with E-state index in [1.807, 2.05) is 0 Å². The van der Waals surface area contributed by atoms with E-state index in [0.29, 0.717) is 0 Å². The molecule has 12 nitrogen and oxygen atoms in total. The van der Waals surface area contributed by atoms with Gasteiger partial charge in [0.1, 0.15) is 11.2 Å². The Kier molecular flexibility index (Phi) is 13.8. The molecule has 1 heterocycles. The van der Waals surface area contributed by atoms with Gasteiger partial charge in [-0.3, -0.25) is 15.1 Å². The number of guanidine groups is 1. The molecule has 1 aromatic heterocycles. The average Bonchev–Trinajstić information content (AvgIpc) is 2.82. The third-order valence-electron chi connectivity index (χ3n) is 4.93. The van der Waals surface area contributed by atoms with Crippen molar-refractivity contribution in [1.29, 1.82) is 0 Å². The molecule has 4 N–H and O–H groups in total. The second-order valence-electron chi connectivity index (χ2n) is 11.3. The maximum absolute atomic E-state index is 12.9. The minimum Gasteiger partial charge on any atom is -0.444 e. The van der Waals surface area contributed by atoms with Crippen molar-refractivity contribution in [2.75, 3.05) is 13.2 Å². The van der Waals surface area contributed by atoms with Gasteiger partial charge in [-0.05, 0) is 66.5 Å². The molecule has 250 valence electrons. The number of aliphatic imine (C=N–C) groups is 1. The zero-order valence-electron chi connectivity index (χ0n) is 24.9. The standard InChI is InChI=1S/C26H37F6N5O7/c1-23(2,3)43-21(40)36-20(37-22(41)44-24(4,5)6)34-12-8-10-16(35-18(39)15-9-7-11-33-13-15)17(38)14-42-19(25(27,28)29)26(30,31)32/h7,9,11,13,16-17,19,38H,8,10,12,14H2,1-6H3,(H,35,39)(H2,34,36,37,40,41). The van der Waals surface area contributed by atoms with E-state index >= 15 is 0 Å². The summed E-state index contributed by atoms with van der Waals surface area (Å²) in [6.07, 6.45) is -17.6. The monoisotopic (exact) mass is 645 g/mol. The number of aliphatic hydroxyl groups is 1. The second-order valence-corrected chi connectivity index (χ2v) is 11.3. The Morgan fingerprint density at radius 2 is 1.57 bits per heavy atom. The van der Waals surface area contributed by atoms with Gasteiger partial charge in [0.15, 0.2) is 0 Å². The number of nitrogens with zero attached hydrogens (tertiary/aromatic N) is 2. The van der Waals surface area contributed by atoms with Gasteiger partial charge in [-0.1, -0.05) is 0 Å². The van der Waals surface area contributed by atoms with E-state index in [0.717, 1.165) is 6.20 Å². The number of pyridine rings is 1. The molecule has 44 heavy (non-hydrogen) atoms. The van der Waals surface area contributed by atoms with Crippen LogP contribution in [0.15, 0.2) is 29.5 Å². The van der Waals surface area contributed by atoms with E-state index in [1.54, 1.807) is 41.5 Å². The lowest BCUT2D eigenvalue weighted by Crippen LogP contribution is -2.50. The predicted molar refractivity (Wildman–Crippen MR) is 144 cm³/mol. The molecule has 0 spiro atoms. The predicted octanol–water partition coefficient (Wildman–Crippen LogP) is 4.24. The van der Waals surface area contributed by atoms with Crippen molar-refractivity contribution in [3.8, 4) is 0 Å². The Morgan fingerprint density at radius 3 is 2.07 bits per heavy atom. The Labute approximate surface area is 249 Å². The third-order valence-corrected chi connectivity index (χ3v) is 4.93. The summed E-state index contributed by atoms with van der Waals surface area (Å²) in [5.74, 6) is -1.22. The largest absolute Gasteiger partial charge is 0.444 e. The molecule has 2 atom stereocenters. The van der Waals surface area contributed by atoms with Crippen LogP contribution in [0.2, 0.25) is 0 Å². The van der Waals surface area contributed by atoms with E-state index in [4.69, 9.17) is 9.47 Å². The van der Waals surface area contributed by atoms with E-state index < -0.39 is 72.5 Å². The first-order valence-corrected chi connectivity index (χ1v) is 13.2. The summed E-state index contributed by atoms with van der Waals surface area (Å²) in [5, 5.41) is 17.7. The molecule has 2 unspecified atom stereocenters. The number of hydrogen-bond acceptors (Lipinski definition) is 8. The molecule has 0 aliphatic carbocycles. The molecule has 3 amide bonds. The molecule has 1 rings (SSSR count).